The summed E-state index contributed by atoms with van der Waals surface area (Å²) < 4.78 is 37.7. The standard InChI is InChI=1S/C20H25F3N4O2/c21-20(22,23)16-25-11-5-12-26(15-14-25)18(28)8-9-19(29)27(13-4-10-24)17-6-2-1-3-7-17/h1-3,6-7H,4-5,8-9,11-16H2. The van der Waals surface area contributed by atoms with Crippen molar-refractivity contribution in [1.29, 1.82) is 5.26 Å². The lowest BCUT2D eigenvalue weighted by atomic mass is 10.2. The van der Waals surface area contributed by atoms with Gasteiger partial charge in [0.15, 0.2) is 0 Å². The molecule has 1 fully saturated rings. The number of carbonyl (C=O) groups excluding carboxylic acids is 2. The van der Waals surface area contributed by atoms with Crippen molar-refractivity contribution in [3.63, 3.8) is 0 Å². The summed E-state index contributed by atoms with van der Waals surface area (Å²) in [6, 6.07) is 10.9. The molecule has 158 valence electrons. The molecular formula is C20H25F3N4O2. The molecule has 29 heavy (non-hydrogen) atoms. The first-order valence-corrected chi connectivity index (χ1v) is 9.59. The third-order valence-electron chi connectivity index (χ3n) is 4.71. The SMILES string of the molecule is N#CCCN(C(=O)CCC(=O)N1CCCN(CC(F)(F)F)CC1)c1ccccc1. The number of halogens is 3. The second-order valence-corrected chi connectivity index (χ2v) is 6.91. The molecule has 0 aromatic heterocycles. The molecule has 0 unspecified atom stereocenters. The van der Waals surface area contributed by atoms with Crippen molar-refractivity contribution in [3.8, 4) is 6.07 Å². The van der Waals surface area contributed by atoms with Crippen LogP contribution in [-0.4, -0.2) is 67.1 Å². The van der Waals surface area contributed by atoms with Gasteiger partial charge in [0, 0.05) is 51.3 Å². The predicted molar refractivity (Wildman–Crippen MR) is 102 cm³/mol. The third kappa shape index (κ3) is 7.74. The lowest BCUT2D eigenvalue weighted by Gasteiger charge is -2.24. The van der Waals surface area contributed by atoms with E-state index in [9.17, 15) is 22.8 Å². The number of hydrogen-bond acceptors (Lipinski definition) is 4. The zero-order valence-corrected chi connectivity index (χ0v) is 16.2. The van der Waals surface area contributed by atoms with E-state index in [4.69, 9.17) is 5.26 Å². The molecule has 0 aliphatic carbocycles. The van der Waals surface area contributed by atoms with Crippen molar-refractivity contribution < 1.29 is 22.8 Å². The molecular weight excluding hydrogens is 385 g/mol. The molecule has 1 aliphatic rings. The van der Waals surface area contributed by atoms with Gasteiger partial charge in [-0.25, -0.2) is 0 Å². The number of nitriles is 1. The Morgan fingerprint density at radius 3 is 2.45 bits per heavy atom. The van der Waals surface area contributed by atoms with E-state index < -0.39 is 12.7 Å². The fourth-order valence-electron chi connectivity index (χ4n) is 3.31. The topological polar surface area (TPSA) is 67.6 Å². The van der Waals surface area contributed by atoms with Crippen LogP contribution in [-0.2, 0) is 9.59 Å². The van der Waals surface area contributed by atoms with Crippen LogP contribution in [0.2, 0.25) is 0 Å². The second-order valence-electron chi connectivity index (χ2n) is 6.91. The molecule has 1 saturated heterocycles. The second kappa shape index (κ2) is 10.8. The minimum absolute atomic E-state index is 0.00596. The van der Waals surface area contributed by atoms with Crippen molar-refractivity contribution in [2.75, 3.05) is 44.2 Å². The van der Waals surface area contributed by atoms with Crippen LogP contribution >= 0.6 is 0 Å². The number of rotatable bonds is 7. The van der Waals surface area contributed by atoms with E-state index in [-0.39, 0.29) is 57.3 Å². The third-order valence-corrected chi connectivity index (χ3v) is 4.71. The largest absolute Gasteiger partial charge is 0.401 e. The fourth-order valence-corrected chi connectivity index (χ4v) is 3.31. The number of benzene rings is 1. The van der Waals surface area contributed by atoms with Crippen LogP contribution < -0.4 is 4.90 Å². The summed E-state index contributed by atoms with van der Waals surface area (Å²) in [7, 11) is 0. The molecule has 0 bridgehead atoms. The molecule has 1 aliphatic heterocycles. The highest BCUT2D eigenvalue weighted by Crippen LogP contribution is 2.19. The van der Waals surface area contributed by atoms with Crippen molar-refractivity contribution in [2.24, 2.45) is 0 Å². The van der Waals surface area contributed by atoms with Crippen LogP contribution in [0.5, 0.6) is 0 Å². The van der Waals surface area contributed by atoms with Gasteiger partial charge in [0.2, 0.25) is 11.8 Å². The van der Waals surface area contributed by atoms with Crippen LogP contribution in [0, 0.1) is 11.3 Å². The van der Waals surface area contributed by atoms with Crippen molar-refractivity contribution >= 4 is 17.5 Å². The zero-order valence-electron chi connectivity index (χ0n) is 16.2. The summed E-state index contributed by atoms with van der Waals surface area (Å²) in [5.74, 6) is -0.492. The van der Waals surface area contributed by atoms with Gasteiger partial charge in [0.25, 0.3) is 0 Å². The highest BCUT2D eigenvalue weighted by atomic mass is 19.4. The molecule has 1 aromatic rings. The summed E-state index contributed by atoms with van der Waals surface area (Å²) in [6.07, 6.45) is -3.63. The Morgan fingerprint density at radius 2 is 1.79 bits per heavy atom. The molecule has 0 N–H and O–H groups in total. The number of alkyl halides is 3. The Hall–Kier alpha value is -2.60. The Balaban J connectivity index is 1.88. The first kappa shape index (κ1) is 22.7. The average Bonchev–Trinajstić information content (AvgIpc) is 2.91. The molecule has 9 heteroatoms. The minimum atomic E-state index is -4.25. The summed E-state index contributed by atoms with van der Waals surface area (Å²) in [4.78, 5) is 29.4. The van der Waals surface area contributed by atoms with Crippen molar-refractivity contribution in [3.05, 3.63) is 30.3 Å². The number of para-hydroxylation sites is 1. The maximum absolute atomic E-state index is 12.6. The van der Waals surface area contributed by atoms with Gasteiger partial charge in [-0.1, -0.05) is 18.2 Å². The van der Waals surface area contributed by atoms with Gasteiger partial charge < -0.3 is 9.80 Å². The van der Waals surface area contributed by atoms with Gasteiger partial charge in [0.1, 0.15) is 0 Å². The number of anilines is 1. The molecule has 0 atom stereocenters. The van der Waals surface area contributed by atoms with Gasteiger partial charge in [-0.05, 0) is 18.6 Å². The molecule has 1 aromatic carbocycles. The quantitative estimate of drug-likeness (QED) is 0.693. The van der Waals surface area contributed by atoms with E-state index in [2.05, 4.69) is 0 Å². The molecule has 2 amide bonds. The molecule has 6 nitrogen and oxygen atoms in total. The summed E-state index contributed by atoms with van der Waals surface area (Å²) in [5.41, 5.74) is 0.665. The van der Waals surface area contributed by atoms with Gasteiger partial charge >= 0.3 is 6.18 Å². The number of nitrogens with zero attached hydrogens (tertiary/aromatic N) is 4. The maximum Gasteiger partial charge on any atom is 0.401 e. The maximum atomic E-state index is 12.6. The molecule has 2 rings (SSSR count). The number of carbonyl (C=O) groups is 2. The number of amides is 2. The Bertz CT molecular complexity index is 719. The van der Waals surface area contributed by atoms with Gasteiger partial charge in [0.05, 0.1) is 19.0 Å². The first-order chi connectivity index (χ1) is 13.8. The first-order valence-electron chi connectivity index (χ1n) is 9.59. The van der Waals surface area contributed by atoms with Crippen molar-refractivity contribution in [2.45, 2.75) is 31.9 Å². The van der Waals surface area contributed by atoms with E-state index in [0.29, 0.717) is 18.7 Å². The summed E-state index contributed by atoms with van der Waals surface area (Å²) in [6.45, 7) is 0.329. The molecule has 0 saturated carbocycles. The monoisotopic (exact) mass is 410 g/mol. The highest BCUT2D eigenvalue weighted by Gasteiger charge is 2.32. The molecule has 1 heterocycles. The van der Waals surface area contributed by atoms with Crippen LogP contribution in [0.15, 0.2) is 30.3 Å². The fraction of sp³-hybridized carbons (Fsp3) is 0.550. The Kier molecular flexibility index (Phi) is 8.46. The van der Waals surface area contributed by atoms with E-state index in [1.54, 1.807) is 24.3 Å². The molecule has 0 radical (unpaired) electrons. The van der Waals surface area contributed by atoms with Crippen LogP contribution in [0.25, 0.3) is 0 Å². The van der Waals surface area contributed by atoms with Gasteiger partial charge in [-0.3, -0.25) is 14.5 Å². The zero-order chi connectivity index (χ0) is 21.3. The summed E-state index contributed by atoms with van der Waals surface area (Å²) in [5, 5.41) is 8.83. The van der Waals surface area contributed by atoms with Gasteiger partial charge in [-0.15, -0.1) is 0 Å². The van der Waals surface area contributed by atoms with Crippen LogP contribution in [0.4, 0.5) is 18.9 Å². The average molecular weight is 410 g/mol. The minimum Gasteiger partial charge on any atom is -0.341 e. The lowest BCUT2D eigenvalue weighted by Crippen LogP contribution is -2.39. The summed E-state index contributed by atoms with van der Waals surface area (Å²) >= 11 is 0. The number of hydrogen-bond donors (Lipinski definition) is 0. The predicted octanol–water partition coefficient (Wildman–Crippen LogP) is 2.81. The normalized spacial score (nSPS) is 15.4. The Morgan fingerprint density at radius 1 is 1.07 bits per heavy atom. The lowest BCUT2D eigenvalue weighted by molar-refractivity contribution is -0.145. The van der Waals surface area contributed by atoms with Crippen molar-refractivity contribution in [1.82, 2.24) is 9.80 Å². The van der Waals surface area contributed by atoms with E-state index in [1.807, 2.05) is 12.1 Å². The smallest absolute Gasteiger partial charge is 0.341 e. The van der Waals surface area contributed by atoms with Gasteiger partial charge in [-0.2, -0.15) is 18.4 Å². The van der Waals surface area contributed by atoms with E-state index >= 15 is 0 Å². The van der Waals surface area contributed by atoms with Crippen LogP contribution in [0.3, 0.4) is 0 Å². The Labute approximate surface area is 168 Å². The highest BCUT2D eigenvalue weighted by molar-refractivity contribution is 5.95. The molecule has 0 spiro atoms. The van der Waals surface area contributed by atoms with E-state index in [1.165, 1.54) is 14.7 Å². The van der Waals surface area contributed by atoms with Crippen LogP contribution in [0.1, 0.15) is 25.7 Å². The van der Waals surface area contributed by atoms with E-state index in [0.717, 1.165) is 0 Å².